The van der Waals surface area contributed by atoms with Gasteiger partial charge in [-0.1, -0.05) is 13.8 Å². The summed E-state index contributed by atoms with van der Waals surface area (Å²) in [6.07, 6.45) is 0. The summed E-state index contributed by atoms with van der Waals surface area (Å²) in [7, 11) is 6.72. The standard InChI is InChI=1S/C9H23N2/c1-6-10(7-2)8-9-11(3,4)5/h6-9H2,1-5H3/q+1. The molecule has 0 atom stereocenters. The summed E-state index contributed by atoms with van der Waals surface area (Å²) >= 11 is 0. The third-order valence-corrected chi connectivity index (χ3v) is 1.98. The lowest BCUT2D eigenvalue weighted by molar-refractivity contribution is -0.869. The lowest BCUT2D eigenvalue weighted by atomic mass is 10.4. The second kappa shape index (κ2) is 4.73. The Hall–Kier alpha value is -0.0800. The molecule has 0 aliphatic heterocycles. The first-order valence-electron chi connectivity index (χ1n) is 4.52. The molecule has 0 N–H and O–H groups in total. The van der Waals surface area contributed by atoms with Crippen molar-refractivity contribution in [3.8, 4) is 0 Å². The molecule has 0 aliphatic carbocycles. The minimum Gasteiger partial charge on any atom is -0.330 e. The molecule has 0 fully saturated rings. The maximum Gasteiger partial charge on any atom is 0.0909 e. The number of nitrogens with zero attached hydrogens (tertiary/aromatic N) is 2. The molecule has 0 aromatic heterocycles. The van der Waals surface area contributed by atoms with Crippen LogP contribution in [0.2, 0.25) is 0 Å². The second-order valence-electron chi connectivity index (χ2n) is 4.04. The van der Waals surface area contributed by atoms with Gasteiger partial charge in [-0.15, -0.1) is 0 Å². The van der Waals surface area contributed by atoms with Crippen LogP contribution in [0.25, 0.3) is 0 Å². The van der Waals surface area contributed by atoms with Gasteiger partial charge >= 0.3 is 0 Å². The summed E-state index contributed by atoms with van der Waals surface area (Å²) in [6, 6.07) is 0. The first kappa shape index (κ1) is 10.9. The molecule has 0 bridgehead atoms. The number of hydrogen-bond acceptors (Lipinski definition) is 1. The maximum atomic E-state index is 2.46. The zero-order chi connectivity index (χ0) is 8.91. The van der Waals surface area contributed by atoms with Crippen molar-refractivity contribution in [3.63, 3.8) is 0 Å². The van der Waals surface area contributed by atoms with E-state index in [0.717, 1.165) is 4.48 Å². The van der Waals surface area contributed by atoms with Crippen LogP contribution in [0.5, 0.6) is 0 Å². The van der Waals surface area contributed by atoms with Crippen LogP contribution in [-0.2, 0) is 0 Å². The molecular formula is C9H23N2+. The van der Waals surface area contributed by atoms with Crippen molar-refractivity contribution in [1.29, 1.82) is 0 Å². The van der Waals surface area contributed by atoms with E-state index in [1.807, 2.05) is 0 Å². The van der Waals surface area contributed by atoms with Crippen molar-refractivity contribution in [2.45, 2.75) is 13.8 Å². The van der Waals surface area contributed by atoms with Crippen molar-refractivity contribution in [2.75, 3.05) is 47.3 Å². The molecule has 0 saturated carbocycles. The summed E-state index contributed by atoms with van der Waals surface area (Å²) in [5.74, 6) is 0. The zero-order valence-electron chi connectivity index (χ0n) is 8.72. The Balaban J connectivity index is 3.51. The van der Waals surface area contributed by atoms with Crippen molar-refractivity contribution < 1.29 is 4.48 Å². The quantitative estimate of drug-likeness (QED) is 0.542. The minimum atomic E-state index is 1.07. The highest BCUT2D eigenvalue weighted by Crippen LogP contribution is 1.92. The highest BCUT2D eigenvalue weighted by atomic mass is 15.3. The molecule has 0 rings (SSSR count). The first-order chi connectivity index (χ1) is 4.99. The van der Waals surface area contributed by atoms with Crippen LogP contribution in [-0.4, -0.2) is 56.7 Å². The van der Waals surface area contributed by atoms with E-state index in [4.69, 9.17) is 0 Å². The fourth-order valence-corrected chi connectivity index (χ4v) is 0.981. The van der Waals surface area contributed by atoms with Gasteiger partial charge in [-0.25, -0.2) is 0 Å². The molecular weight excluding hydrogens is 136 g/mol. The molecule has 0 aromatic rings. The van der Waals surface area contributed by atoms with E-state index in [0.29, 0.717) is 0 Å². The minimum absolute atomic E-state index is 1.07. The summed E-state index contributed by atoms with van der Waals surface area (Å²) < 4.78 is 1.07. The molecule has 0 aliphatic rings. The van der Waals surface area contributed by atoms with Crippen LogP contribution in [0.4, 0.5) is 0 Å². The van der Waals surface area contributed by atoms with E-state index in [9.17, 15) is 0 Å². The van der Waals surface area contributed by atoms with Crippen molar-refractivity contribution in [1.82, 2.24) is 4.90 Å². The maximum absolute atomic E-state index is 2.46. The topological polar surface area (TPSA) is 3.24 Å². The lowest BCUT2D eigenvalue weighted by Crippen LogP contribution is -2.41. The average molecular weight is 159 g/mol. The van der Waals surface area contributed by atoms with Gasteiger partial charge in [0.1, 0.15) is 0 Å². The van der Waals surface area contributed by atoms with E-state index in [1.54, 1.807) is 0 Å². The Morgan fingerprint density at radius 3 is 1.73 bits per heavy atom. The molecule has 11 heavy (non-hydrogen) atoms. The van der Waals surface area contributed by atoms with Crippen LogP contribution in [0, 0.1) is 0 Å². The fourth-order valence-electron chi connectivity index (χ4n) is 0.981. The van der Waals surface area contributed by atoms with Gasteiger partial charge in [0, 0.05) is 6.54 Å². The lowest BCUT2D eigenvalue weighted by Gasteiger charge is -2.27. The predicted molar refractivity (Wildman–Crippen MR) is 50.7 cm³/mol. The normalized spacial score (nSPS) is 12.5. The van der Waals surface area contributed by atoms with Gasteiger partial charge in [-0.3, -0.25) is 4.90 Å². The number of likely N-dealkylation sites (N-methyl/N-ethyl adjacent to an activating group) is 2. The number of rotatable bonds is 5. The average Bonchev–Trinajstić information content (AvgIpc) is 1.88. The molecule has 0 amide bonds. The van der Waals surface area contributed by atoms with Gasteiger partial charge in [0.05, 0.1) is 27.7 Å². The summed E-state index contributed by atoms with van der Waals surface area (Å²) in [5.41, 5.74) is 0. The van der Waals surface area contributed by atoms with Crippen LogP contribution in [0.3, 0.4) is 0 Å². The van der Waals surface area contributed by atoms with Gasteiger partial charge in [-0.05, 0) is 13.1 Å². The highest BCUT2D eigenvalue weighted by molar-refractivity contribution is 4.49. The smallest absolute Gasteiger partial charge is 0.0909 e. The van der Waals surface area contributed by atoms with E-state index >= 15 is 0 Å². The zero-order valence-corrected chi connectivity index (χ0v) is 8.72. The molecule has 0 radical (unpaired) electrons. The second-order valence-corrected chi connectivity index (χ2v) is 4.04. The fraction of sp³-hybridized carbons (Fsp3) is 1.00. The van der Waals surface area contributed by atoms with E-state index in [-0.39, 0.29) is 0 Å². The van der Waals surface area contributed by atoms with Crippen LogP contribution in [0.1, 0.15) is 13.8 Å². The first-order valence-corrected chi connectivity index (χ1v) is 4.52. The number of hydrogen-bond donors (Lipinski definition) is 0. The van der Waals surface area contributed by atoms with Crippen molar-refractivity contribution >= 4 is 0 Å². The van der Waals surface area contributed by atoms with Crippen LogP contribution >= 0.6 is 0 Å². The number of quaternary nitrogens is 1. The molecule has 0 saturated heterocycles. The highest BCUT2D eigenvalue weighted by Gasteiger charge is 2.08. The summed E-state index contributed by atoms with van der Waals surface area (Å²) in [6.45, 7) is 9.25. The molecule has 0 aromatic carbocycles. The van der Waals surface area contributed by atoms with Crippen LogP contribution < -0.4 is 0 Å². The third-order valence-electron chi connectivity index (χ3n) is 1.98. The van der Waals surface area contributed by atoms with Crippen molar-refractivity contribution in [3.05, 3.63) is 0 Å². The Morgan fingerprint density at radius 2 is 1.45 bits per heavy atom. The van der Waals surface area contributed by atoms with Gasteiger partial charge in [0.25, 0.3) is 0 Å². The molecule has 68 valence electrons. The van der Waals surface area contributed by atoms with Gasteiger partial charge in [0.15, 0.2) is 0 Å². The van der Waals surface area contributed by atoms with Crippen molar-refractivity contribution in [2.24, 2.45) is 0 Å². The van der Waals surface area contributed by atoms with Gasteiger partial charge in [-0.2, -0.15) is 0 Å². The van der Waals surface area contributed by atoms with Crippen LogP contribution in [0.15, 0.2) is 0 Å². The van der Waals surface area contributed by atoms with E-state index in [2.05, 4.69) is 39.9 Å². The molecule has 2 nitrogen and oxygen atoms in total. The molecule has 0 heterocycles. The van der Waals surface area contributed by atoms with E-state index < -0.39 is 0 Å². The van der Waals surface area contributed by atoms with Gasteiger partial charge < -0.3 is 4.48 Å². The Kier molecular flexibility index (Phi) is 4.69. The Bertz CT molecular complexity index is 90.2. The van der Waals surface area contributed by atoms with E-state index in [1.165, 1.54) is 26.2 Å². The third kappa shape index (κ3) is 6.32. The largest absolute Gasteiger partial charge is 0.330 e. The summed E-state index contributed by atoms with van der Waals surface area (Å²) in [4.78, 5) is 2.46. The molecule has 2 heteroatoms. The monoisotopic (exact) mass is 159 g/mol. The molecule has 0 unspecified atom stereocenters. The summed E-state index contributed by atoms with van der Waals surface area (Å²) in [5, 5.41) is 0. The molecule has 0 spiro atoms. The Labute approximate surface area is 71.4 Å². The SMILES string of the molecule is CCN(CC)CC[N+](C)(C)C. The predicted octanol–water partition coefficient (Wildman–Crippen LogP) is 1.03. The van der Waals surface area contributed by atoms with Gasteiger partial charge in [0.2, 0.25) is 0 Å². The Morgan fingerprint density at radius 1 is 1.00 bits per heavy atom.